The lowest BCUT2D eigenvalue weighted by molar-refractivity contribution is -0.150. The second kappa shape index (κ2) is 10.6. The molecular weight excluding hydrogens is 404 g/mol. The SMILES string of the molecule is COC(CNC(=O)OCC1c2ccccc2-c2ccccc21)CC(=O)NOCC(=O)O. The molecule has 9 heteroatoms. The number of alkyl carbamates (subject to hydrolysis) is 1. The van der Waals surface area contributed by atoms with Crippen molar-refractivity contribution in [3.8, 4) is 11.1 Å². The zero-order valence-corrected chi connectivity index (χ0v) is 17.0. The first-order chi connectivity index (χ1) is 15.0. The number of rotatable bonds is 10. The molecule has 0 aromatic heterocycles. The van der Waals surface area contributed by atoms with Crippen LogP contribution in [-0.2, 0) is 23.9 Å². The van der Waals surface area contributed by atoms with Gasteiger partial charge in [0.15, 0.2) is 6.61 Å². The van der Waals surface area contributed by atoms with Gasteiger partial charge >= 0.3 is 12.1 Å². The van der Waals surface area contributed by atoms with Crippen LogP contribution >= 0.6 is 0 Å². The third-order valence-corrected chi connectivity index (χ3v) is 4.95. The molecule has 1 atom stereocenters. The molecule has 3 N–H and O–H groups in total. The predicted octanol–water partition coefficient (Wildman–Crippen LogP) is 2.06. The van der Waals surface area contributed by atoms with Crippen LogP contribution in [0.2, 0.25) is 0 Å². The third-order valence-electron chi connectivity index (χ3n) is 4.95. The highest BCUT2D eigenvalue weighted by Gasteiger charge is 2.29. The van der Waals surface area contributed by atoms with Gasteiger partial charge in [-0.15, -0.1) is 0 Å². The van der Waals surface area contributed by atoms with Crippen LogP contribution in [0.15, 0.2) is 48.5 Å². The molecule has 0 radical (unpaired) electrons. The van der Waals surface area contributed by atoms with E-state index in [0.717, 1.165) is 22.3 Å². The number of hydroxylamine groups is 1. The Kier molecular flexibility index (Phi) is 7.58. The monoisotopic (exact) mass is 428 g/mol. The molecule has 0 aliphatic heterocycles. The summed E-state index contributed by atoms with van der Waals surface area (Å²) in [5, 5.41) is 11.1. The fourth-order valence-electron chi connectivity index (χ4n) is 3.51. The normalized spacial score (nSPS) is 13.1. The summed E-state index contributed by atoms with van der Waals surface area (Å²) in [6.07, 6.45) is -1.37. The highest BCUT2D eigenvalue weighted by molar-refractivity contribution is 5.79. The molecule has 1 aliphatic rings. The van der Waals surface area contributed by atoms with Gasteiger partial charge in [-0.25, -0.2) is 15.1 Å². The lowest BCUT2D eigenvalue weighted by Gasteiger charge is -2.17. The summed E-state index contributed by atoms with van der Waals surface area (Å²) in [5.74, 6) is -1.82. The number of hydrogen-bond donors (Lipinski definition) is 3. The van der Waals surface area contributed by atoms with E-state index in [1.165, 1.54) is 7.11 Å². The Morgan fingerprint density at radius 1 is 1.03 bits per heavy atom. The molecule has 1 aliphatic carbocycles. The molecule has 3 rings (SSSR count). The van der Waals surface area contributed by atoms with Crippen LogP contribution in [0.3, 0.4) is 0 Å². The van der Waals surface area contributed by atoms with Gasteiger partial charge in [-0.3, -0.25) is 9.63 Å². The maximum Gasteiger partial charge on any atom is 0.407 e. The Labute approximate surface area is 179 Å². The standard InChI is InChI=1S/C22H24N2O7/c1-29-14(10-20(25)24-31-13-21(26)27)11-23-22(28)30-12-19-17-8-4-2-6-15(17)16-7-3-5-9-18(16)19/h2-9,14,19H,10-13H2,1H3,(H,23,28)(H,24,25)(H,26,27). The molecule has 1 unspecified atom stereocenters. The molecule has 2 aromatic carbocycles. The summed E-state index contributed by atoms with van der Waals surface area (Å²) in [6.45, 7) is -0.429. The van der Waals surface area contributed by atoms with E-state index in [-0.39, 0.29) is 25.5 Å². The van der Waals surface area contributed by atoms with Gasteiger partial charge in [-0.05, 0) is 22.3 Å². The predicted molar refractivity (Wildman–Crippen MR) is 110 cm³/mol. The molecule has 2 amide bonds. The summed E-state index contributed by atoms with van der Waals surface area (Å²) < 4.78 is 10.6. The Hall–Kier alpha value is -3.43. The van der Waals surface area contributed by atoms with Crippen molar-refractivity contribution in [3.05, 3.63) is 59.7 Å². The minimum absolute atomic E-state index is 0.0412. The maximum absolute atomic E-state index is 12.2. The highest BCUT2D eigenvalue weighted by atomic mass is 16.7. The number of carbonyl (C=O) groups excluding carboxylic acids is 2. The summed E-state index contributed by atoms with van der Waals surface area (Å²) in [4.78, 5) is 38.8. The third kappa shape index (κ3) is 5.80. The number of benzene rings is 2. The molecule has 9 nitrogen and oxygen atoms in total. The number of carboxylic acids is 1. The first kappa shape index (κ1) is 22.3. The second-order valence-corrected chi connectivity index (χ2v) is 6.98. The summed E-state index contributed by atoms with van der Waals surface area (Å²) in [5.41, 5.74) is 6.52. The van der Waals surface area contributed by atoms with E-state index in [9.17, 15) is 14.4 Å². The van der Waals surface area contributed by atoms with E-state index >= 15 is 0 Å². The number of carboxylic acid groups (broad SMARTS) is 1. The number of nitrogens with one attached hydrogen (secondary N) is 2. The van der Waals surface area contributed by atoms with E-state index in [0.29, 0.717) is 0 Å². The fourth-order valence-corrected chi connectivity index (χ4v) is 3.51. The van der Waals surface area contributed by atoms with Crippen LogP contribution in [0.25, 0.3) is 11.1 Å². The molecule has 2 aromatic rings. The number of ether oxygens (including phenoxy) is 2. The number of carbonyl (C=O) groups is 3. The van der Waals surface area contributed by atoms with Crippen molar-refractivity contribution >= 4 is 18.0 Å². The molecule has 0 fully saturated rings. The maximum atomic E-state index is 12.2. The van der Waals surface area contributed by atoms with Crippen molar-refractivity contribution in [2.75, 3.05) is 26.9 Å². The van der Waals surface area contributed by atoms with E-state index in [2.05, 4.69) is 22.3 Å². The smallest absolute Gasteiger partial charge is 0.407 e. The fraction of sp³-hybridized carbons (Fsp3) is 0.318. The highest BCUT2D eigenvalue weighted by Crippen LogP contribution is 2.44. The van der Waals surface area contributed by atoms with Crippen molar-refractivity contribution in [2.24, 2.45) is 0 Å². The van der Waals surface area contributed by atoms with Gasteiger partial charge in [0.05, 0.1) is 12.5 Å². The average molecular weight is 428 g/mol. The van der Waals surface area contributed by atoms with Gasteiger partial charge < -0.3 is 19.9 Å². The Morgan fingerprint density at radius 2 is 1.65 bits per heavy atom. The van der Waals surface area contributed by atoms with E-state index in [1.807, 2.05) is 41.9 Å². The quantitative estimate of drug-likeness (QED) is 0.495. The lowest BCUT2D eigenvalue weighted by atomic mass is 9.98. The van der Waals surface area contributed by atoms with Crippen molar-refractivity contribution in [1.82, 2.24) is 10.8 Å². The van der Waals surface area contributed by atoms with Gasteiger partial charge in [0.25, 0.3) is 0 Å². The van der Waals surface area contributed by atoms with Crippen LogP contribution in [0.4, 0.5) is 4.79 Å². The molecule has 0 bridgehead atoms. The average Bonchev–Trinajstić information content (AvgIpc) is 3.08. The van der Waals surface area contributed by atoms with Crippen LogP contribution in [0.1, 0.15) is 23.5 Å². The van der Waals surface area contributed by atoms with Crippen LogP contribution in [-0.4, -0.2) is 56.0 Å². The first-order valence-corrected chi connectivity index (χ1v) is 9.73. The molecule has 164 valence electrons. The molecular formula is C22H24N2O7. The van der Waals surface area contributed by atoms with Crippen LogP contribution in [0.5, 0.6) is 0 Å². The largest absolute Gasteiger partial charge is 0.479 e. The van der Waals surface area contributed by atoms with E-state index < -0.39 is 30.7 Å². The zero-order chi connectivity index (χ0) is 22.2. The van der Waals surface area contributed by atoms with Crippen molar-refractivity contribution < 1.29 is 33.8 Å². The minimum Gasteiger partial charge on any atom is -0.479 e. The molecule has 0 heterocycles. The first-order valence-electron chi connectivity index (χ1n) is 9.73. The van der Waals surface area contributed by atoms with Crippen LogP contribution in [0, 0.1) is 0 Å². The zero-order valence-electron chi connectivity index (χ0n) is 17.0. The van der Waals surface area contributed by atoms with Crippen molar-refractivity contribution in [1.29, 1.82) is 0 Å². The van der Waals surface area contributed by atoms with E-state index in [1.54, 1.807) is 0 Å². The number of methoxy groups -OCH3 is 1. The van der Waals surface area contributed by atoms with Gasteiger partial charge in [-0.1, -0.05) is 48.5 Å². The Morgan fingerprint density at radius 3 is 2.23 bits per heavy atom. The van der Waals surface area contributed by atoms with Crippen LogP contribution < -0.4 is 10.8 Å². The lowest BCUT2D eigenvalue weighted by Crippen LogP contribution is -2.38. The molecule has 31 heavy (non-hydrogen) atoms. The Bertz CT molecular complexity index is 901. The number of fused-ring (bicyclic) bond motifs is 3. The number of aliphatic carboxylic acids is 1. The number of hydrogen-bond acceptors (Lipinski definition) is 6. The second-order valence-electron chi connectivity index (χ2n) is 6.98. The summed E-state index contributed by atoms with van der Waals surface area (Å²) in [7, 11) is 1.40. The molecule has 0 saturated heterocycles. The van der Waals surface area contributed by atoms with Crippen molar-refractivity contribution in [2.45, 2.75) is 18.4 Å². The summed E-state index contributed by atoms with van der Waals surface area (Å²) >= 11 is 0. The number of amides is 2. The molecule has 0 saturated carbocycles. The minimum atomic E-state index is -1.21. The van der Waals surface area contributed by atoms with Gasteiger partial charge in [0.1, 0.15) is 6.61 Å². The summed E-state index contributed by atoms with van der Waals surface area (Å²) in [6, 6.07) is 16.1. The van der Waals surface area contributed by atoms with Gasteiger partial charge in [0, 0.05) is 19.6 Å². The topological polar surface area (TPSA) is 123 Å². The van der Waals surface area contributed by atoms with Crippen molar-refractivity contribution in [3.63, 3.8) is 0 Å². The van der Waals surface area contributed by atoms with E-state index in [4.69, 9.17) is 14.6 Å². The van der Waals surface area contributed by atoms with Gasteiger partial charge in [0.2, 0.25) is 5.91 Å². The Balaban J connectivity index is 1.48. The molecule has 0 spiro atoms. The van der Waals surface area contributed by atoms with Gasteiger partial charge in [-0.2, -0.15) is 0 Å².